The van der Waals surface area contributed by atoms with Gasteiger partial charge >= 0.3 is 0 Å². The lowest BCUT2D eigenvalue weighted by atomic mass is 9.59. The van der Waals surface area contributed by atoms with Crippen molar-refractivity contribution in [3.63, 3.8) is 0 Å². The first-order chi connectivity index (χ1) is 5.15. The Labute approximate surface area is 67.7 Å². The van der Waals surface area contributed by atoms with Gasteiger partial charge in [-0.1, -0.05) is 0 Å². The minimum Gasteiger partial charge on any atom is -0.324 e. The van der Waals surface area contributed by atoms with Gasteiger partial charge in [-0.25, -0.2) is 0 Å². The lowest BCUT2D eigenvalue weighted by Crippen LogP contribution is -2.61. The van der Waals surface area contributed by atoms with Crippen LogP contribution in [0.2, 0.25) is 0 Å². The average Bonchev–Trinajstić information content (AvgIpc) is 2.61. The van der Waals surface area contributed by atoms with Crippen LogP contribution in [0.3, 0.4) is 0 Å². The predicted octanol–water partition coefficient (Wildman–Crippen LogP) is 0.429. The molecule has 0 unspecified atom stereocenters. The molecule has 0 aromatic rings. The van der Waals surface area contributed by atoms with Crippen molar-refractivity contribution in [3.05, 3.63) is 0 Å². The first kappa shape index (κ1) is 6.44. The van der Waals surface area contributed by atoms with Gasteiger partial charge in [0.15, 0.2) is 0 Å². The van der Waals surface area contributed by atoms with Crippen molar-refractivity contribution in [2.24, 2.45) is 17.1 Å². The molecular weight excluding hydrogens is 136 g/mol. The van der Waals surface area contributed by atoms with Crippen molar-refractivity contribution in [2.75, 3.05) is 20.1 Å². The molecule has 1 aliphatic heterocycles. The number of nitrogens with zero attached hydrogens (tertiary/aromatic N) is 1. The van der Waals surface area contributed by atoms with Gasteiger partial charge in [0.1, 0.15) is 0 Å². The molecule has 0 radical (unpaired) electrons. The van der Waals surface area contributed by atoms with Crippen molar-refractivity contribution in [2.45, 2.75) is 24.8 Å². The Hall–Kier alpha value is -0.0800. The number of fused-ring (bicyclic) bond motifs is 2. The molecule has 3 fully saturated rings. The Kier molecular flexibility index (Phi) is 0.879. The second kappa shape index (κ2) is 1.50. The van der Waals surface area contributed by atoms with Crippen molar-refractivity contribution < 1.29 is 0 Å². The highest BCUT2D eigenvalue weighted by atomic mass is 15.2. The third kappa shape index (κ3) is 0.611. The fraction of sp³-hybridized carbons (Fsp3) is 1.00. The van der Waals surface area contributed by atoms with Crippen LogP contribution >= 0.6 is 0 Å². The molecular formula is C9H16N2. The van der Waals surface area contributed by atoms with Gasteiger partial charge in [-0.05, 0) is 37.6 Å². The molecule has 0 aromatic carbocycles. The van der Waals surface area contributed by atoms with E-state index < -0.39 is 0 Å². The second-order valence-electron chi connectivity index (χ2n) is 5.02. The lowest BCUT2D eigenvalue weighted by molar-refractivity contribution is 0.0619. The van der Waals surface area contributed by atoms with E-state index in [0.29, 0.717) is 0 Å². The van der Waals surface area contributed by atoms with Crippen LogP contribution in [0.25, 0.3) is 0 Å². The number of likely N-dealkylation sites (N-methyl/N-ethyl adjacent to an activating group) is 1. The molecule has 0 bridgehead atoms. The number of nitrogens with two attached hydrogens (primary N) is 1. The molecule has 2 N–H and O–H groups in total. The van der Waals surface area contributed by atoms with Gasteiger partial charge in [-0.15, -0.1) is 0 Å². The second-order valence-corrected chi connectivity index (χ2v) is 5.02. The predicted molar refractivity (Wildman–Crippen MR) is 44.2 cm³/mol. The molecule has 2 heteroatoms. The maximum absolute atomic E-state index is 6.27. The molecule has 0 amide bonds. The summed E-state index contributed by atoms with van der Waals surface area (Å²) in [5, 5.41) is 0. The summed E-state index contributed by atoms with van der Waals surface area (Å²) in [4.78, 5) is 2.40. The van der Waals surface area contributed by atoms with Gasteiger partial charge < -0.3 is 10.6 Å². The molecule has 2 atom stereocenters. The van der Waals surface area contributed by atoms with E-state index in [9.17, 15) is 0 Å². The molecule has 3 rings (SSSR count). The summed E-state index contributed by atoms with van der Waals surface area (Å²) in [6.07, 6.45) is 4.24. The highest BCUT2D eigenvalue weighted by Crippen LogP contribution is 2.69. The Morgan fingerprint density at radius 1 is 1.45 bits per heavy atom. The van der Waals surface area contributed by atoms with E-state index in [1.54, 1.807) is 0 Å². The first-order valence-corrected chi connectivity index (χ1v) is 4.62. The van der Waals surface area contributed by atoms with Crippen molar-refractivity contribution in [1.82, 2.24) is 4.90 Å². The summed E-state index contributed by atoms with van der Waals surface area (Å²) in [5.41, 5.74) is 7.25. The number of rotatable bonds is 0. The van der Waals surface area contributed by atoms with Crippen molar-refractivity contribution in [1.29, 1.82) is 0 Å². The van der Waals surface area contributed by atoms with E-state index in [2.05, 4.69) is 11.9 Å². The third-order valence-electron chi connectivity index (χ3n) is 4.07. The number of hydrogen-bond acceptors (Lipinski definition) is 2. The number of hydrogen-bond donors (Lipinski definition) is 1. The molecule has 11 heavy (non-hydrogen) atoms. The largest absolute Gasteiger partial charge is 0.324 e. The highest BCUT2D eigenvalue weighted by molar-refractivity contribution is 5.24. The molecule has 1 spiro atoms. The Morgan fingerprint density at radius 3 is 2.73 bits per heavy atom. The zero-order chi connectivity index (χ0) is 7.69. The Bertz CT molecular complexity index is 210. The monoisotopic (exact) mass is 152 g/mol. The van der Waals surface area contributed by atoms with Crippen LogP contribution < -0.4 is 5.73 Å². The molecule has 2 saturated carbocycles. The summed E-state index contributed by atoms with van der Waals surface area (Å²) in [7, 11) is 2.20. The van der Waals surface area contributed by atoms with Gasteiger partial charge in [0, 0.05) is 18.6 Å². The van der Waals surface area contributed by atoms with Crippen LogP contribution in [-0.4, -0.2) is 30.6 Å². The maximum Gasteiger partial charge on any atom is 0.0334 e. The highest BCUT2D eigenvalue weighted by Gasteiger charge is 2.69. The van der Waals surface area contributed by atoms with E-state index >= 15 is 0 Å². The van der Waals surface area contributed by atoms with Gasteiger partial charge in [0.25, 0.3) is 0 Å². The third-order valence-corrected chi connectivity index (χ3v) is 4.07. The standard InChI is InChI=1S/C9H16N2/c1-11-4-7-8(2-3-8)5-9(7,10)6-11/h7H,2-6,10H2,1H3/t7-,9+/m0/s1. The fourth-order valence-electron chi connectivity index (χ4n) is 3.49. The Morgan fingerprint density at radius 2 is 2.18 bits per heavy atom. The minimum absolute atomic E-state index is 0.227. The van der Waals surface area contributed by atoms with Gasteiger partial charge in [-0.3, -0.25) is 0 Å². The fourth-order valence-corrected chi connectivity index (χ4v) is 3.49. The molecule has 1 saturated heterocycles. The van der Waals surface area contributed by atoms with Crippen LogP contribution in [0.15, 0.2) is 0 Å². The molecule has 3 aliphatic rings. The van der Waals surface area contributed by atoms with Crippen LogP contribution in [0.1, 0.15) is 19.3 Å². The van der Waals surface area contributed by atoms with Crippen LogP contribution in [0, 0.1) is 11.3 Å². The molecule has 2 aliphatic carbocycles. The minimum atomic E-state index is 0.227. The van der Waals surface area contributed by atoms with Crippen LogP contribution in [0.5, 0.6) is 0 Å². The van der Waals surface area contributed by atoms with Crippen molar-refractivity contribution >= 4 is 0 Å². The van der Waals surface area contributed by atoms with Gasteiger partial charge in [-0.2, -0.15) is 0 Å². The Balaban J connectivity index is 1.88. The number of likely N-dealkylation sites (tertiary alicyclic amines) is 1. The van der Waals surface area contributed by atoms with E-state index in [1.807, 2.05) is 0 Å². The zero-order valence-electron chi connectivity index (χ0n) is 7.14. The van der Waals surface area contributed by atoms with Gasteiger partial charge in [0.05, 0.1) is 0 Å². The van der Waals surface area contributed by atoms with E-state index in [1.165, 1.54) is 25.8 Å². The van der Waals surface area contributed by atoms with E-state index in [-0.39, 0.29) is 5.54 Å². The maximum atomic E-state index is 6.27. The zero-order valence-corrected chi connectivity index (χ0v) is 7.14. The summed E-state index contributed by atoms with van der Waals surface area (Å²) in [5.74, 6) is 0.847. The molecule has 1 heterocycles. The molecule has 62 valence electrons. The van der Waals surface area contributed by atoms with E-state index in [0.717, 1.165) is 17.9 Å². The summed E-state index contributed by atoms with van der Waals surface area (Å²) in [6, 6.07) is 0. The van der Waals surface area contributed by atoms with Gasteiger partial charge in [0.2, 0.25) is 0 Å². The molecule has 2 nitrogen and oxygen atoms in total. The topological polar surface area (TPSA) is 29.3 Å². The summed E-state index contributed by atoms with van der Waals surface area (Å²) in [6.45, 7) is 2.40. The van der Waals surface area contributed by atoms with Crippen molar-refractivity contribution in [3.8, 4) is 0 Å². The smallest absolute Gasteiger partial charge is 0.0334 e. The average molecular weight is 152 g/mol. The normalized spacial score (nSPS) is 52.4. The van der Waals surface area contributed by atoms with Crippen LogP contribution in [0.4, 0.5) is 0 Å². The van der Waals surface area contributed by atoms with Crippen LogP contribution in [-0.2, 0) is 0 Å². The first-order valence-electron chi connectivity index (χ1n) is 4.62. The molecule has 0 aromatic heterocycles. The van der Waals surface area contributed by atoms with E-state index in [4.69, 9.17) is 5.73 Å². The summed E-state index contributed by atoms with van der Waals surface area (Å²) < 4.78 is 0. The SMILES string of the molecule is CN1C[C@H]2C3(CC3)C[C@@]2(N)C1. The quantitative estimate of drug-likeness (QED) is 0.545. The summed E-state index contributed by atoms with van der Waals surface area (Å²) >= 11 is 0. The lowest BCUT2D eigenvalue weighted by Gasteiger charge is -2.49.